The van der Waals surface area contributed by atoms with E-state index in [0.717, 1.165) is 10.2 Å². The lowest BCUT2D eigenvalue weighted by molar-refractivity contribution is 0.0997. The standard InChI is InChI=1S/C20H12N4O4S/c25-18(21-12-5-3-4-11(10-12)17-23-20(26)28-24-17)14-8-9-15(27-14)19-22-13-6-1-2-7-16(13)29-19/h1-10H,(H,21,25)(H,23,24,26). The Morgan fingerprint density at radius 1 is 1.07 bits per heavy atom. The molecule has 2 aromatic carbocycles. The molecule has 0 aliphatic carbocycles. The van der Waals surface area contributed by atoms with E-state index in [4.69, 9.17) is 4.42 Å². The average Bonchev–Trinajstić information content (AvgIpc) is 3.47. The van der Waals surface area contributed by atoms with Crippen molar-refractivity contribution in [3.8, 4) is 22.2 Å². The first-order valence-electron chi connectivity index (χ1n) is 8.59. The number of carbonyl (C=O) groups is 1. The molecule has 0 atom stereocenters. The van der Waals surface area contributed by atoms with Gasteiger partial charge in [-0.1, -0.05) is 29.4 Å². The fourth-order valence-corrected chi connectivity index (χ4v) is 3.77. The molecule has 0 saturated heterocycles. The number of rotatable bonds is 4. The third-order valence-electron chi connectivity index (χ3n) is 4.17. The number of nitrogens with zero attached hydrogens (tertiary/aromatic N) is 2. The molecule has 29 heavy (non-hydrogen) atoms. The summed E-state index contributed by atoms with van der Waals surface area (Å²) in [7, 11) is 0. The van der Waals surface area contributed by atoms with Crippen molar-refractivity contribution in [3.05, 3.63) is 77.0 Å². The molecule has 0 radical (unpaired) electrons. The third kappa shape index (κ3) is 3.34. The fourth-order valence-electron chi connectivity index (χ4n) is 2.84. The van der Waals surface area contributed by atoms with Crippen LogP contribution in [0.25, 0.3) is 32.4 Å². The molecule has 0 aliphatic heterocycles. The van der Waals surface area contributed by atoms with Crippen molar-refractivity contribution in [1.29, 1.82) is 0 Å². The summed E-state index contributed by atoms with van der Waals surface area (Å²) in [6.07, 6.45) is 0. The second-order valence-electron chi connectivity index (χ2n) is 6.13. The van der Waals surface area contributed by atoms with Crippen molar-refractivity contribution in [2.45, 2.75) is 0 Å². The Kier molecular flexibility index (Phi) is 4.07. The Bertz CT molecular complexity index is 1360. The summed E-state index contributed by atoms with van der Waals surface area (Å²) in [5.74, 6) is -0.0671. The number of thiazole rings is 1. The summed E-state index contributed by atoms with van der Waals surface area (Å²) >= 11 is 1.50. The van der Waals surface area contributed by atoms with Crippen LogP contribution in [0.4, 0.5) is 5.69 Å². The number of para-hydroxylation sites is 1. The lowest BCUT2D eigenvalue weighted by atomic mass is 10.2. The normalized spacial score (nSPS) is 11.0. The van der Waals surface area contributed by atoms with E-state index in [1.165, 1.54) is 11.3 Å². The quantitative estimate of drug-likeness (QED) is 0.465. The summed E-state index contributed by atoms with van der Waals surface area (Å²) in [6, 6.07) is 18.0. The van der Waals surface area contributed by atoms with Crippen LogP contribution in [0.2, 0.25) is 0 Å². The number of fused-ring (bicyclic) bond motifs is 1. The maximum atomic E-state index is 12.6. The molecular formula is C20H12N4O4S. The number of benzene rings is 2. The number of aromatic amines is 1. The first-order chi connectivity index (χ1) is 14.2. The second-order valence-corrected chi connectivity index (χ2v) is 7.16. The van der Waals surface area contributed by atoms with Crippen LogP contribution in [0.3, 0.4) is 0 Å². The number of hydrogen-bond donors (Lipinski definition) is 2. The maximum Gasteiger partial charge on any atom is 0.439 e. The Balaban J connectivity index is 1.37. The van der Waals surface area contributed by atoms with Crippen molar-refractivity contribution < 1.29 is 13.7 Å². The molecule has 0 fully saturated rings. The zero-order valence-corrected chi connectivity index (χ0v) is 15.5. The van der Waals surface area contributed by atoms with Gasteiger partial charge in [-0.15, -0.1) is 11.3 Å². The van der Waals surface area contributed by atoms with Gasteiger partial charge in [-0.3, -0.25) is 14.3 Å². The average molecular weight is 404 g/mol. The zero-order chi connectivity index (χ0) is 19.8. The number of carbonyl (C=O) groups excluding carboxylic acids is 1. The fraction of sp³-hybridized carbons (Fsp3) is 0. The monoisotopic (exact) mass is 404 g/mol. The predicted octanol–water partition coefficient (Wildman–Crippen LogP) is 4.15. The van der Waals surface area contributed by atoms with E-state index in [0.29, 0.717) is 22.0 Å². The highest BCUT2D eigenvalue weighted by molar-refractivity contribution is 7.21. The van der Waals surface area contributed by atoms with Crippen LogP contribution in [0.1, 0.15) is 10.6 Å². The van der Waals surface area contributed by atoms with Crippen molar-refractivity contribution in [2.75, 3.05) is 5.32 Å². The number of amides is 1. The SMILES string of the molecule is O=C(Nc1cccc(-c2noc(=O)[nH]2)c1)c1ccc(-c2nc3ccccc3s2)o1. The van der Waals surface area contributed by atoms with Crippen LogP contribution in [0.15, 0.2) is 74.4 Å². The molecule has 5 rings (SSSR count). The number of aromatic nitrogens is 3. The van der Waals surface area contributed by atoms with Gasteiger partial charge in [0.1, 0.15) is 0 Å². The topological polar surface area (TPSA) is 114 Å². The zero-order valence-electron chi connectivity index (χ0n) is 14.7. The molecule has 2 N–H and O–H groups in total. The lowest BCUT2D eigenvalue weighted by Gasteiger charge is -2.04. The van der Waals surface area contributed by atoms with E-state index in [2.05, 4.69) is 25.0 Å². The Morgan fingerprint density at radius 3 is 2.79 bits per heavy atom. The molecule has 3 heterocycles. The number of furan rings is 1. The molecule has 1 amide bonds. The van der Waals surface area contributed by atoms with Crippen molar-refractivity contribution in [2.24, 2.45) is 0 Å². The van der Waals surface area contributed by atoms with Crippen molar-refractivity contribution >= 4 is 33.1 Å². The largest absolute Gasteiger partial charge is 0.448 e. The van der Waals surface area contributed by atoms with E-state index in [1.807, 2.05) is 24.3 Å². The summed E-state index contributed by atoms with van der Waals surface area (Å²) < 4.78 is 11.3. The minimum atomic E-state index is -0.646. The van der Waals surface area contributed by atoms with E-state index in [-0.39, 0.29) is 11.6 Å². The van der Waals surface area contributed by atoms with Gasteiger partial charge in [-0.05, 0) is 36.4 Å². The smallest absolute Gasteiger partial charge is 0.439 e. The van der Waals surface area contributed by atoms with Crippen LogP contribution < -0.4 is 11.1 Å². The highest BCUT2D eigenvalue weighted by Gasteiger charge is 2.15. The summed E-state index contributed by atoms with van der Waals surface area (Å²) in [6.45, 7) is 0. The van der Waals surface area contributed by atoms with Crippen LogP contribution in [-0.2, 0) is 0 Å². The van der Waals surface area contributed by atoms with Crippen LogP contribution in [0, 0.1) is 0 Å². The molecule has 9 heteroatoms. The van der Waals surface area contributed by atoms with E-state index in [1.54, 1.807) is 36.4 Å². The van der Waals surface area contributed by atoms with Crippen LogP contribution >= 0.6 is 11.3 Å². The molecule has 0 saturated carbocycles. The molecular weight excluding hydrogens is 392 g/mol. The maximum absolute atomic E-state index is 12.6. The van der Waals surface area contributed by atoms with Gasteiger partial charge in [0.25, 0.3) is 5.91 Å². The van der Waals surface area contributed by atoms with Gasteiger partial charge in [-0.25, -0.2) is 9.78 Å². The van der Waals surface area contributed by atoms with E-state index in [9.17, 15) is 9.59 Å². The summed E-state index contributed by atoms with van der Waals surface area (Å²) in [5.41, 5.74) is 2.01. The molecule has 142 valence electrons. The molecule has 0 aliphatic rings. The van der Waals surface area contributed by atoms with Crippen molar-refractivity contribution in [3.63, 3.8) is 0 Å². The van der Waals surface area contributed by atoms with Gasteiger partial charge in [0.15, 0.2) is 22.4 Å². The van der Waals surface area contributed by atoms with Gasteiger partial charge in [0, 0.05) is 11.3 Å². The Morgan fingerprint density at radius 2 is 1.97 bits per heavy atom. The minimum Gasteiger partial charge on any atom is -0.448 e. The third-order valence-corrected chi connectivity index (χ3v) is 5.22. The molecule has 8 nitrogen and oxygen atoms in total. The molecule has 0 unspecified atom stereocenters. The van der Waals surface area contributed by atoms with Crippen LogP contribution in [0.5, 0.6) is 0 Å². The number of hydrogen-bond acceptors (Lipinski definition) is 7. The van der Waals surface area contributed by atoms with E-state index < -0.39 is 11.7 Å². The first-order valence-corrected chi connectivity index (χ1v) is 9.41. The van der Waals surface area contributed by atoms with E-state index >= 15 is 0 Å². The number of anilines is 1. The molecule has 0 bridgehead atoms. The molecule has 0 spiro atoms. The Labute approximate surface area is 166 Å². The second kappa shape index (κ2) is 6.88. The summed E-state index contributed by atoms with van der Waals surface area (Å²) in [5, 5.41) is 7.12. The summed E-state index contributed by atoms with van der Waals surface area (Å²) in [4.78, 5) is 30.7. The lowest BCUT2D eigenvalue weighted by Crippen LogP contribution is -2.10. The first kappa shape index (κ1) is 17.1. The van der Waals surface area contributed by atoms with Gasteiger partial charge >= 0.3 is 5.76 Å². The van der Waals surface area contributed by atoms with Gasteiger partial charge in [0.2, 0.25) is 0 Å². The predicted molar refractivity (Wildman–Crippen MR) is 108 cm³/mol. The molecule has 5 aromatic rings. The molecule has 3 aromatic heterocycles. The number of nitrogens with one attached hydrogen (secondary N) is 2. The number of H-pyrrole nitrogens is 1. The highest BCUT2D eigenvalue weighted by Crippen LogP contribution is 2.31. The Hall–Kier alpha value is -3.98. The van der Waals surface area contributed by atoms with Crippen LogP contribution in [-0.4, -0.2) is 21.0 Å². The van der Waals surface area contributed by atoms with Crippen molar-refractivity contribution in [1.82, 2.24) is 15.1 Å². The minimum absolute atomic E-state index is 0.166. The van der Waals surface area contributed by atoms with Gasteiger partial charge in [-0.2, -0.15) is 0 Å². The highest BCUT2D eigenvalue weighted by atomic mass is 32.1. The van der Waals surface area contributed by atoms with Gasteiger partial charge < -0.3 is 9.73 Å². The van der Waals surface area contributed by atoms with Gasteiger partial charge in [0.05, 0.1) is 10.2 Å².